The molecule has 2 unspecified atom stereocenters. The highest BCUT2D eigenvalue weighted by Crippen LogP contribution is 2.38. The molecule has 180 valence electrons. The van der Waals surface area contributed by atoms with Crippen LogP contribution in [0.4, 0.5) is 17.1 Å². The van der Waals surface area contributed by atoms with Crippen LogP contribution in [0.5, 0.6) is 5.75 Å². The average molecular weight is 471 g/mol. The smallest absolute Gasteiger partial charge is 0.144 e. The molecule has 7 nitrogen and oxygen atoms in total. The summed E-state index contributed by atoms with van der Waals surface area (Å²) in [7, 11) is 0. The summed E-state index contributed by atoms with van der Waals surface area (Å²) in [5, 5.41) is 25.4. The Morgan fingerprint density at radius 3 is 3.03 bits per heavy atom. The fourth-order valence-electron chi connectivity index (χ4n) is 5.35. The summed E-state index contributed by atoms with van der Waals surface area (Å²) in [5.41, 5.74) is 8.40. The van der Waals surface area contributed by atoms with Crippen LogP contribution < -0.4 is 15.0 Å². The number of H-pyrrole nitrogens is 1. The van der Waals surface area contributed by atoms with Crippen molar-refractivity contribution in [2.75, 3.05) is 29.9 Å². The lowest BCUT2D eigenvalue weighted by Gasteiger charge is -2.25. The van der Waals surface area contributed by atoms with Crippen LogP contribution in [0.25, 0.3) is 10.9 Å². The van der Waals surface area contributed by atoms with Gasteiger partial charge in [-0.15, -0.1) is 0 Å². The van der Waals surface area contributed by atoms with E-state index >= 15 is 0 Å². The molecule has 3 heterocycles. The second-order valence-corrected chi connectivity index (χ2v) is 9.56. The Labute approximate surface area is 204 Å². The van der Waals surface area contributed by atoms with Crippen molar-refractivity contribution in [2.24, 2.45) is 0 Å². The molecule has 0 amide bonds. The van der Waals surface area contributed by atoms with Gasteiger partial charge in [0.25, 0.3) is 0 Å². The van der Waals surface area contributed by atoms with Gasteiger partial charge in [0.05, 0.1) is 17.5 Å². The number of β-amino-alcohol motifs (C(OH)–C–C–N with tert-alkyl or cyclic N) is 1. The van der Waals surface area contributed by atoms with Gasteiger partial charge in [-0.2, -0.15) is 0 Å². The normalized spacial score (nSPS) is 19.2. The number of aliphatic hydroxyl groups excluding tert-OH is 2. The highest BCUT2D eigenvalue weighted by atomic mass is 16.5. The highest BCUT2D eigenvalue weighted by Gasteiger charge is 2.25. The number of aliphatic hydroxyl groups is 2. The number of benzene rings is 2. The number of aryl methyl sites for hydroxylation is 1. The molecule has 0 fully saturated rings. The van der Waals surface area contributed by atoms with Gasteiger partial charge < -0.3 is 30.2 Å². The number of anilines is 3. The van der Waals surface area contributed by atoms with E-state index in [0.29, 0.717) is 13.0 Å². The zero-order valence-corrected chi connectivity index (χ0v) is 19.8. The summed E-state index contributed by atoms with van der Waals surface area (Å²) in [5.74, 6) is 0.757. The lowest BCUT2D eigenvalue weighted by Crippen LogP contribution is -2.34. The quantitative estimate of drug-likeness (QED) is 0.346. The molecule has 35 heavy (non-hydrogen) atoms. The summed E-state index contributed by atoms with van der Waals surface area (Å²) in [4.78, 5) is 9.99. The van der Waals surface area contributed by atoms with Crippen LogP contribution in [0.2, 0.25) is 0 Å². The summed E-state index contributed by atoms with van der Waals surface area (Å²) in [6, 6.07) is 14.4. The number of nitrogens with zero attached hydrogens (tertiary/aromatic N) is 2. The van der Waals surface area contributed by atoms with E-state index in [-0.39, 0.29) is 6.61 Å². The van der Waals surface area contributed by atoms with Crippen molar-refractivity contribution in [3.63, 3.8) is 0 Å². The highest BCUT2D eigenvalue weighted by molar-refractivity contribution is 5.86. The zero-order valence-electron chi connectivity index (χ0n) is 19.8. The number of ether oxygens (including phenoxy) is 1. The van der Waals surface area contributed by atoms with Crippen molar-refractivity contribution in [3.8, 4) is 5.75 Å². The van der Waals surface area contributed by atoms with Crippen molar-refractivity contribution in [1.29, 1.82) is 0 Å². The minimum absolute atomic E-state index is 0.260. The summed E-state index contributed by atoms with van der Waals surface area (Å²) in [6.07, 6.45) is 5.16. The lowest BCUT2D eigenvalue weighted by molar-refractivity contribution is 0.119. The van der Waals surface area contributed by atoms with Crippen molar-refractivity contribution in [1.82, 2.24) is 9.97 Å². The minimum atomic E-state index is -0.561. The van der Waals surface area contributed by atoms with Crippen molar-refractivity contribution in [3.05, 3.63) is 77.2 Å². The van der Waals surface area contributed by atoms with Gasteiger partial charge in [-0.3, -0.25) is 4.98 Å². The second-order valence-electron chi connectivity index (χ2n) is 9.56. The number of nitrogens with one attached hydrogen (secondary N) is 2. The Morgan fingerprint density at radius 1 is 1.20 bits per heavy atom. The maximum atomic E-state index is 10.5. The van der Waals surface area contributed by atoms with Crippen molar-refractivity contribution < 1.29 is 14.9 Å². The predicted octanol–water partition coefficient (Wildman–Crippen LogP) is 4.40. The molecule has 2 aliphatic rings. The molecule has 2 aromatic heterocycles. The largest absolute Gasteiger partial charge is 0.489 e. The molecule has 0 radical (unpaired) electrons. The number of aromatic amines is 1. The number of hydrogen-bond donors (Lipinski definition) is 4. The molecule has 0 saturated heterocycles. The third-order valence-electron chi connectivity index (χ3n) is 7.17. The van der Waals surface area contributed by atoms with E-state index in [4.69, 9.17) is 4.74 Å². The molecule has 2 atom stereocenters. The molecule has 1 aliphatic carbocycles. The summed E-state index contributed by atoms with van der Waals surface area (Å²) in [6.45, 7) is 3.68. The third-order valence-corrected chi connectivity index (χ3v) is 7.17. The molecule has 0 bridgehead atoms. The third kappa shape index (κ3) is 4.11. The van der Waals surface area contributed by atoms with Gasteiger partial charge in [0, 0.05) is 53.8 Å². The van der Waals surface area contributed by atoms with E-state index in [1.54, 1.807) is 6.20 Å². The molecule has 2 aromatic carbocycles. The monoisotopic (exact) mass is 470 g/mol. The Hall–Kier alpha value is -3.55. The van der Waals surface area contributed by atoms with Gasteiger partial charge in [0.2, 0.25) is 0 Å². The van der Waals surface area contributed by atoms with Crippen LogP contribution in [-0.2, 0) is 12.8 Å². The average Bonchev–Trinajstić information content (AvgIpc) is 3.41. The zero-order chi connectivity index (χ0) is 23.9. The number of pyridine rings is 1. The van der Waals surface area contributed by atoms with E-state index in [2.05, 4.69) is 57.6 Å². The van der Waals surface area contributed by atoms with Gasteiger partial charge in [-0.25, -0.2) is 0 Å². The fourth-order valence-corrected chi connectivity index (χ4v) is 5.35. The molecular formula is C28H30N4O3. The van der Waals surface area contributed by atoms with E-state index in [1.165, 1.54) is 22.0 Å². The molecule has 0 spiro atoms. The molecule has 0 saturated carbocycles. The molecule has 1 aliphatic heterocycles. The predicted molar refractivity (Wildman–Crippen MR) is 138 cm³/mol. The first kappa shape index (κ1) is 21.9. The van der Waals surface area contributed by atoms with Crippen LogP contribution in [0.1, 0.15) is 34.9 Å². The van der Waals surface area contributed by atoms with E-state index < -0.39 is 12.2 Å². The van der Waals surface area contributed by atoms with E-state index in [9.17, 15) is 10.2 Å². The number of rotatable bonds is 5. The lowest BCUT2D eigenvalue weighted by atomic mass is 10.1. The SMILES string of the molecule is Cc1cccc2c(CCN3CC(O)COc4cc(Nc5ccnc6c5CCC6O)ccc43)c[nH]c12. The molecular weight excluding hydrogens is 440 g/mol. The Balaban J connectivity index is 1.25. The topological polar surface area (TPSA) is 93.6 Å². The van der Waals surface area contributed by atoms with Crippen LogP contribution in [-0.4, -0.2) is 46.0 Å². The van der Waals surface area contributed by atoms with Crippen LogP contribution in [0, 0.1) is 6.92 Å². The Bertz CT molecular complexity index is 1380. The summed E-state index contributed by atoms with van der Waals surface area (Å²) >= 11 is 0. The number of hydrogen-bond acceptors (Lipinski definition) is 6. The molecule has 6 rings (SSSR count). The first-order chi connectivity index (χ1) is 17.1. The van der Waals surface area contributed by atoms with Crippen LogP contribution >= 0.6 is 0 Å². The maximum Gasteiger partial charge on any atom is 0.144 e. The van der Waals surface area contributed by atoms with Gasteiger partial charge in [0.15, 0.2) is 0 Å². The standard InChI is InChI=1S/C28H30N4O3/c1-17-3-2-4-21-18(14-30-27(17)21)10-12-32-15-20(33)16-35-26-13-19(5-7-24(26)32)31-23-9-11-29-28-22(23)6-8-25(28)34/h2-5,7,9,11,13-14,20,25,30,33-34H,6,8,10,12,15-16H2,1H3,(H,29,31). The van der Waals surface area contributed by atoms with Gasteiger partial charge >= 0.3 is 0 Å². The first-order valence-electron chi connectivity index (χ1n) is 12.2. The van der Waals surface area contributed by atoms with E-state index in [0.717, 1.165) is 53.5 Å². The van der Waals surface area contributed by atoms with Gasteiger partial charge in [-0.1, -0.05) is 18.2 Å². The van der Waals surface area contributed by atoms with Crippen molar-refractivity contribution >= 4 is 28.0 Å². The van der Waals surface area contributed by atoms with Crippen LogP contribution in [0.15, 0.2) is 54.9 Å². The maximum absolute atomic E-state index is 10.5. The van der Waals surface area contributed by atoms with E-state index in [1.807, 2.05) is 18.2 Å². The molecule has 4 N–H and O–H groups in total. The minimum Gasteiger partial charge on any atom is -0.489 e. The Kier molecular flexibility index (Phi) is 5.59. The summed E-state index contributed by atoms with van der Waals surface area (Å²) < 4.78 is 6.01. The Morgan fingerprint density at radius 2 is 2.11 bits per heavy atom. The second kappa shape index (κ2) is 8.91. The first-order valence-corrected chi connectivity index (χ1v) is 12.2. The molecule has 7 heteroatoms. The van der Waals surface area contributed by atoms with Gasteiger partial charge in [0.1, 0.15) is 18.5 Å². The number of fused-ring (bicyclic) bond motifs is 3. The fraction of sp³-hybridized carbons (Fsp3) is 0.321. The number of para-hydroxylation sites is 1. The molecule has 4 aromatic rings. The van der Waals surface area contributed by atoms with Crippen LogP contribution in [0.3, 0.4) is 0 Å². The number of aromatic nitrogens is 2. The van der Waals surface area contributed by atoms with Gasteiger partial charge in [-0.05, 0) is 61.1 Å². The van der Waals surface area contributed by atoms with Crippen molar-refractivity contribution in [2.45, 2.75) is 38.4 Å².